The molecule has 78 valence electrons. The monoisotopic (exact) mass is 215 g/mol. The lowest BCUT2D eigenvalue weighted by Gasteiger charge is -2.12. The molecule has 0 aliphatic rings. The van der Waals surface area contributed by atoms with E-state index in [0.717, 1.165) is 5.56 Å². The number of rotatable bonds is 4. The Morgan fingerprint density at radius 1 is 1.43 bits per heavy atom. The first-order valence-corrected chi connectivity index (χ1v) is 4.27. The molecule has 0 unspecified atom stereocenters. The van der Waals surface area contributed by atoms with Crippen molar-refractivity contribution in [1.82, 2.24) is 5.32 Å². The fourth-order valence-electron chi connectivity index (χ4n) is 1.20. The van der Waals surface area contributed by atoms with E-state index in [1.165, 1.54) is 0 Å². The summed E-state index contributed by atoms with van der Waals surface area (Å²) in [7, 11) is 0. The third-order valence-electron chi connectivity index (χ3n) is 1.79. The van der Waals surface area contributed by atoms with Gasteiger partial charge in [-0.15, -0.1) is 12.4 Å². The van der Waals surface area contributed by atoms with Gasteiger partial charge in [0.2, 0.25) is 0 Å². The molecule has 1 aromatic rings. The van der Waals surface area contributed by atoms with E-state index in [4.69, 9.17) is 5.11 Å². The largest absolute Gasteiger partial charge is 0.480 e. The molecule has 0 fully saturated rings. The molecule has 1 rings (SSSR count). The Balaban J connectivity index is 0.00000169. The van der Waals surface area contributed by atoms with Crippen molar-refractivity contribution >= 4 is 18.4 Å². The van der Waals surface area contributed by atoms with Crippen LogP contribution in [0.25, 0.3) is 0 Å². The van der Waals surface area contributed by atoms with Gasteiger partial charge >= 0.3 is 5.97 Å². The molecule has 0 heterocycles. The Morgan fingerprint density at radius 2 is 2.00 bits per heavy atom. The molecule has 0 aliphatic carbocycles. The van der Waals surface area contributed by atoms with Gasteiger partial charge in [0.15, 0.2) is 0 Å². The van der Waals surface area contributed by atoms with Crippen molar-refractivity contribution in [2.24, 2.45) is 0 Å². The fourth-order valence-corrected chi connectivity index (χ4v) is 1.20. The van der Waals surface area contributed by atoms with Crippen LogP contribution in [0.15, 0.2) is 30.3 Å². The van der Waals surface area contributed by atoms with E-state index >= 15 is 0 Å². The van der Waals surface area contributed by atoms with Crippen LogP contribution in [0.5, 0.6) is 0 Å². The maximum absolute atomic E-state index is 10.8. The lowest BCUT2D eigenvalue weighted by atomic mass is 10.1. The molecular weight excluding hydrogens is 202 g/mol. The number of hydrogen-bond acceptors (Lipinski definition) is 2. The predicted octanol–water partition coefficient (Wildman–Crippen LogP) is 1.84. The lowest BCUT2D eigenvalue weighted by Crippen LogP contribution is -2.28. The lowest BCUT2D eigenvalue weighted by molar-refractivity contribution is -0.139. The molecule has 4 heteroatoms. The van der Waals surface area contributed by atoms with Crippen molar-refractivity contribution in [3.8, 4) is 0 Å². The highest BCUT2D eigenvalue weighted by atomic mass is 35.5. The highest BCUT2D eigenvalue weighted by molar-refractivity contribution is 5.85. The zero-order valence-electron chi connectivity index (χ0n) is 7.93. The maximum Gasteiger partial charge on any atom is 0.325 e. The van der Waals surface area contributed by atoms with Gasteiger partial charge < -0.3 is 10.4 Å². The summed E-state index contributed by atoms with van der Waals surface area (Å²) in [6.07, 6.45) is 0. The van der Waals surface area contributed by atoms with Crippen molar-refractivity contribution in [3.63, 3.8) is 0 Å². The van der Waals surface area contributed by atoms with Crippen LogP contribution in [0.3, 0.4) is 0 Å². The molecule has 0 spiro atoms. The molecule has 0 aliphatic heterocycles. The molecule has 3 nitrogen and oxygen atoms in total. The molecule has 0 aromatic heterocycles. The summed E-state index contributed by atoms with van der Waals surface area (Å²) in [5.74, 6) is -0.840. The van der Waals surface area contributed by atoms with Gasteiger partial charge in [-0.1, -0.05) is 37.3 Å². The van der Waals surface area contributed by atoms with E-state index in [0.29, 0.717) is 6.54 Å². The van der Waals surface area contributed by atoms with E-state index in [1.807, 2.05) is 25.1 Å². The van der Waals surface area contributed by atoms with Gasteiger partial charge in [-0.05, 0) is 12.1 Å². The summed E-state index contributed by atoms with van der Waals surface area (Å²) in [6.45, 7) is 2.53. The Labute approximate surface area is 89.5 Å². The summed E-state index contributed by atoms with van der Waals surface area (Å²) in [5.41, 5.74) is 0.789. The predicted molar refractivity (Wildman–Crippen MR) is 57.7 cm³/mol. The van der Waals surface area contributed by atoms with E-state index in [1.54, 1.807) is 12.1 Å². The van der Waals surface area contributed by atoms with Crippen molar-refractivity contribution in [1.29, 1.82) is 0 Å². The van der Waals surface area contributed by atoms with E-state index in [9.17, 15) is 4.79 Å². The topological polar surface area (TPSA) is 49.3 Å². The SMILES string of the molecule is CCN[C@@H](C(=O)O)c1ccccc1.Cl. The van der Waals surface area contributed by atoms with Gasteiger partial charge in [0.1, 0.15) is 6.04 Å². The summed E-state index contributed by atoms with van der Waals surface area (Å²) >= 11 is 0. The van der Waals surface area contributed by atoms with Crippen LogP contribution < -0.4 is 5.32 Å². The standard InChI is InChI=1S/C10H13NO2.ClH/c1-2-11-9(10(12)13)8-6-4-3-5-7-8;/h3-7,9,11H,2H2,1H3,(H,12,13);1H/t9-;/m1./s1. The first-order chi connectivity index (χ1) is 6.25. The van der Waals surface area contributed by atoms with Crippen LogP contribution in [0.2, 0.25) is 0 Å². The minimum absolute atomic E-state index is 0. The zero-order valence-corrected chi connectivity index (χ0v) is 8.75. The Morgan fingerprint density at radius 3 is 2.43 bits per heavy atom. The highest BCUT2D eigenvalue weighted by Crippen LogP contribution is 2.11. The Bertz CT molecular complexity index is 277. The van der Waals surface area contributed by atoms with Gasteiger partial charge in [-0.25, -0.2) is 0 Å². The van der Waals surface area contributed by atoms with Gasteiger partial charge in [-0.3, -0.25) is 4.79 Å². The molecule has 0 saturated carbocycles. The molecule has 0 saturated heterocycles. The fraction of sp³-hybridized carbons (Fsp3) is 0.300. The summed E-state index contributed by atoms with van der Waals surface area (Å²) in [5, 5.41) is 11.8. The summed E-state index contributed by atoms with van der Waals surface area (Å²) in [6, 6.07) is 8.56. The quantitative estimate of drug-likeness (QED) is 0.806. The van der Waals surface area contributed by atoms with Gasteiger partial charge in [-0.2, -0.15) is 0 Å². The first-order valence-electron chi connectivity index (χ1n) is 4.27. The molecule has 0 amide bonds. The number of carbonyl (C=O) groups is 1. The van der Waals surface area contributed by atoms with Crippen LogP contribution in [0.1, 0.15) is 18.5 Å². The summed E-state index contributed by atoms with van der Waals surface area (Å²) < 4.78 is 0. The molecule has 1 atom stereocenters. The normalized spacial score (nSPS) is 11.5. The maximum atomic E-state index is 10.8. The molecule has 1 aromatic carbocycles. The number of halogens is 1. The average Bonchev–Trinajstić information content (AvgIpc) is 2.15. The molecule has 0 bridgehead atoms. The minimum atomic E-state index is -0.840. The van der Waals surface area contributed by atoms with Crippen LogP contribution >= 0.6 is 12.4 Å². The van der Waals surface area contributed by atoms with Crippen LogP contribution in [0.4, 0.5) is 0 Å². The summed E-state index contributed by atoms with van der Waals surface area (Å²) in [4.78, 5) is 10.8. The molecule has 0 radical (unpaired) electrons. The molecule has 14 heavy (non-hydrogen) atoms. The highest BCUT2D eigenvalue weighted by Gasteiger charge is 2.17. The second kappa shape index (κ2) is 6.40. The van der Waals surface area contributed by atoms with Crippen molar-refractivity contribution in [2.75, 3.05) is 6.54 Å². The number of carboxylic acids is 1. The zero-order chi connectivity index (χ0) is 9.68. The number of benzene rings is 1. The smallest absolute Gasteiger partial charge is 0.325 e. The number of aliphatic carboxylic acids is 1. The number of likely N-dealkylation sites (N-methyl/N-ethyl adjacent to an activating group) is 1. The van der Waals surface area contributed by atoms with Crippen molar-refractivity contribution in [3.05, 3.63) is 35.9 Å². The van der Waals surface area contributed by atoms with E-state index in [2.05, 4.69) is 5.32 Å². The second-order valence-corrected chi connectivity index (χ2v) is 2.74. The second-order valence-electron chi connectivity index (χ2n) is 2.74. The number of hydrogen-bond donors (Lipinski definition) is 2. The Kier molecular flexibility index (Phi) is 5.92. The average molecular weight is 216 g/mol. The van der Waals surface area contributed by atoms with Crippen molar-refractivity contribution < 1.29 is 9.90 Å². The van der Waals surface area contributed by atoms with Crippen LogP contribution in [-0.2, 0) is 4.79 Å². The minimum Gasteiger partial charge on any atom is -0.480 e. The van der Waals surface area contributed by atoms with Crippen LogP contribution in [-0.4, -0.2) is 17.6 Å². The van der Waals surface area contributed by atoms with Gasteiger partial charge in [0, 0.05) is 0 Å². The number of carboxylic acid groups (broad SMARTS) is 1. The first kappa shape index (κ1) is 12.9. The van der Waals surface area contributed by atoms with Crippen molar-refractivity contribution in [2.45, 2.75) is 13.0 Å². The van der Waals surface area contributed by atoms with E-state index < -0.39 is 12.0 Å². The third kappa shape index (κ3) is 3.36. The van der Waals surface area contributed by atoms with Gasteiger partial charge in [0.25, 0.3) is 0 Å². The number of nitrogens with one attached hydrogen (secondary N) is 1. The van der Waals surface area contributed by atoms with E-state index in [-0.39, 0.29) is 12.4 Å². The van der Waals surface area contributed by atoms with Crippen LogP contribution in [0, 0.1) is 0 Å². The third-order valence-corrected chi connectivity index (χ3v) is 1.79. The Hall–Kier alpha value is -1.06. The molecular formula is C10H14ClNO2. The van der Waals surface area contributed by atoms with Gasteiger partial charge in [0.05, 0.1) is 0 Å². The molecule has 2 N–H and O–H groups in total.